The summed E-state index contributed by atoms with van der Waals surface area (Å²) in [5, 5.41) is 9.26. The van der Waals surface area contributed by atoms with E-state index in [-0.39, 0.29) is 18.4 Å². The normalized spacial score (nSPS) is 18.9. The molecule has 2 rings (SSSR count). The largest absolute Gasteiger partial charge is 0.491 e. The van der Waals surface area contributed by atoms with Crippen LogP contribution in [-0.4, -0.2) is 42.2 Å². The maximum absolute atomic E-state index is 12.6. The van der Waals surface area contributed by atoms with Crippen molar-refractivity contribution < 1.29 is 14.6 Å². The second-order valence-corrected chi connectivity index (χ2v) is 5.10. The lowest BCUT2D eigenvalue weighted by molar-refractivity contribution is 0.0617. The molecule has 5 nitrogen and oxygen atoms in total. The molecule has 1 fully saturated rings. The molecule has 1 aromatic rings. The van der Waals surface area contributed by atoms with Gasteiger partial charge in [0.05, 0.1) is 17.9 Å². The molecule has 0 spiro atoms. The number of nitrogens with zero attached hydrogens (tertiary/aromatic N) is 1. The smallest absolute Gasteiger partial charge is 0.257 e. The Balaban J connectivity index is 2.22. The second-order valence-electron chi connectivity index (χ2n) is 5.10. The van der Waals surface area contributed by atoms with Crippen molar-refractivity contribution in [1.29, 1.82) is 0 Å². The molecule has 0 aliphatic carbocycles. The molecular weight excluding hydrogens is 256 g/mol. The third-order valence-electron chi connectivity index (χ3n) is 3.63. The molecule has 1 aromatic carbocycles. The van der Waals surface area contributed by atoms with E-state index in [1.165, 1.54) is 0 Å². The number of hydrogen-bond donors (Lipinski definition) is 2. The molecule has 1 heterocycles. The summed E-state index contributed by atoms with van der Waals surface area (Å²) in [5.41, 5.74) is 6.88. The number of nitrogens with two attached hydrogens (primary N) is 1. The Bertz CT molecular complexity index is 476. The van der Waals surface area contributed by atoms with Crippen molar-refractivity contribution in [2.24, 2.45) is 5.92 Å². The van der Waals surface area contributed by atoms with Crippen LogP contribution in [-0.2, 0) is 0 Å². The highest BCUT2D eigenvalue weighted by atomic mass is 16.5. The minimum absolute atomic E-state index is 0.0705. The fraction of sp³-hybridized carbons (Fsp3) is 0.533. The predicted octanol–water partition coefficient (Wildman–Crippen LogP) is 1.51. The van der Waals surface area contributed by atoms with Crippen LogP contribution in [0.1, 0.15) is 30.1 Å². The van der Waals surface area contributed by atoms with E-state index in [0.717, 1.165) is 19.4 Å². The number of para-hydroxylation sites is 1. The maximum atomic E-state index is 12.6. The Labute approximate surface area is 119 Å². The van der Waals surface area contributed by atoms with Crippen molar-refractivity contribution in [3.63, 3.8) is 0 Å². The summed E-state index contributed by atoms with van der Waals surface area (Å²) in [6.45, 7) is 3.77. The van der Waals surface area contributed by atoms with Crippen molar-refractivity contribution in [2.75, 3.05) is 32.0 Å². The molecule has 0 bridgehead atoms. The van der Waals surface area contributed by atoms with Gasteiger partial charge in [0.1, 0.15) is 0 Å². The first-order chi connectivity index (χ1) is 9.67. The number of carbonyl (C=O) groups is 1. The zero-order valence-corrected chi connectivity index (χ0v) is 11.8. The number of piperidine rings is 1. The molecule has 1 unspecified atom stereocenters. The van der Waals surface area contributed by atoms with Crippen LogP contribution in [0.15, 0.2) is 18.2 Å². The number of amides is 1. The molecule has 5 heteroatoms. The molecule has 1 aliphatic heterocycles. The minimum atomic E-state index is -0.0705. The summed E-state index contributed by atoms with van der Waals surface area (Å²) < 4.78 is 5.51. The number of nitrogen functional groups attached to an aromatic ring is 1. The average Bonchev–Trinajstić information content (AvgIpc) is 2.49. The fourth-order valence-corrected chi connectivity index (χ4v) is 2.60. The first-order valence-electron chi connectivity index (χ1n) is 7.08. The lowest BCUT2D eigenvalue weighted by Crippen LogP contribution is -2.41. The topological polar surface area (TPSA) is 75.8 Å². The number of carbonyl (C=O) groups excluding carboxylic acids is 1. The van der Waals surface area contributed by atoms with Crippen molar-refractivity contribution in [2.45, 2.75) is 19.8 Å². The number of aliphatic hydroxyl groups excluding tert-OH is 1. The minimum Gasteiger partial charge on any atom is -0.491 e. The van der Waals surface area contributed by atoms with Gasteiger partial charge in [-0.15, -0.1) is 0 Å². The van der Waals surface area contributed by atoms with Gasteiger partial charge in [0.2, 0.25) is 0 Å². The highest BCUT2D eigenvalue weighted by Crippen LogP contribution is 2.29. The Morgan fingerprint density at radius 3 is 3.05 bits per heavy atom. The van der Waals surface area contributed by atoms with Gasteiger partial charge in [-0.25, -0.2) is 0 Å². The van der Waals surface area contributed by atoms with Crippen molar-refractivity contribution in [1.82, 2.24) is 4.90 Å². The first-order valence-corrected chi connectivity index (χ1v) is 7.08. The molecular formula is C15H22N2O3. The van der Waals surface area contributed by atoms with E-state index < -0.39 is 0 Å². The molecule has 20 heavy (non-hydrogen) atoms. The highest BCUT2D eigenvalue weighted by Gasteiger charge is 2.26. The summed E-state index contributed by atoms with van der Waals surface area (Å²) in [6, 6.07) is 5.24. The number of ether oxygens (including phenoxy) is 1. The van der Waals surface area contributed by atoms with E-state index >= 15 is 0 Å². The lowest BCUT2D eigenvalue weighted by atomic mass is 9.98. The van der Waals surface area contributed by atoms with Gasteiger partial charge in [0, 0.05) is 19.7 Å². The van der Waals surface area contributed by atoms with Gasteiger partial charge < -0.3 is 20.5 Å². The van der Waals surface area contributed by atoms with Crippen LogP contribution in [0.3, 0.4) is 0 Å². The van der Waals surface area contributed by atoms with Gasteiger partial charge in [-0.2, -0.15) is 0 Å². The van der Waals surface area contributed by atoms with Gasteiger partial charge in [-0.1, -0.05) is 6.07 Å². The maximum Gasteiger partial charge on any atom is 0.257 e. The van der Waals surface area contributed by atoms with Gasteiger partial charge >= 0.3 is 0 Å². The number of benzene rings is 1. The standard InChI is InChI=1S/C15H22N2O3/c1-2-20-14-12(6-3-7-13(14)16)15(19)17-8-4-5-11(9-17)10-18/h3,6-7,11,18H,2,4-5,8-10,16H2,1H3. The van der Waals surface area contributed by atoms with Gasteiger partial charge in [0.25, 0.3) is 5.91 Å². The Morgan fingerprint density at radius 1 is 1.55 bits per heavy atom. The van der Waals surface area contributed by atoms with Gasteiger partial charge in [0.15, 0.2) is 5.75 Å². The zero-order chi connectivity index (χ0) is 14.5. The summed E-state index contributed by atoms with van der Waals surface area (Å²) in [4.78, 5) is 14.4. The van der Waals surface area contributed by atoms with E-state index in [9.17, 15) is 9.90 Å². The Morgan fingerprint density at radius 2 is 2.35 bits per heavy atom. The molecule has 110 valence electrons. The Kier molecular flexibility index (Phi) is 4.84. The van der Waals surface area contributed by atoms with E-state index in [1.54, 1.807) is 23.1 Å². The molecule has 1 atom stereocenters. The summed E-state index contributed by atoms with van der Waals surface area (Å²) in [6.07, 6.45) is 1.89. The van der Waals surface area contributed by atoms with E-state index in [1.807, 2.05) is 6.92 Å². The highest BCUT2D eigenvalue weighted by molar-refractivity contribution is 5.98. The first kappa shape index (κ1) is 14.7. The van der Waals surface area contributed by atoms with Crippen LogP contribution in [0.4, 0.5) is 5.69 Å². The molecule has 0 saturated carbocycles. The Hall–Kier alpha value is -1.75. The van der Waals surface area contributed by atoms with Gasteiger partial charge in [-0.05, 0) is 37.8 Å². The zero-order valence-electron chi connectivity index (χ0n) is 11.8. The van der Waals surface area contributed by atoms with Gasteiger partial charge in [-0.3, -0.25) is 4.79 Å². The van der Waals surface area contributed by atoms with Crippen LogP contribution in [0.25, 0.3) is 0 Å². The number of rotatable bonds is 4. The summed E-state index contributed by atoms with van der Waals surface area (Å²) in [7, 11) is 0. The molecule has 1 amide bonds. The number of anilines is 1. The molecule has 0 radical (unpaired) electrons. The molecule has 1 saturated heterocycles. The number of likely N-dealkylation sites (tertiary alicyclic amines) is 1. The summed E-state index contributed by atoms with van der Waals surface area (Å²) >= 11 is 0. The summed E-state index contributed by atoms with van der Waals surface area (Å²) in [5.74, 6) is 0.564. The third kappa shape index (κ3) is 3.04. The number of hydrogen-bond acceptors (Lipinski definition) is 4. The van der Waals surface area contributed by atoms with Crippen LogP contribution in [0.2, 0.25) is 0 Å². The SMILES string of the molecule is CCOc1c(N)cccc1C(=O)N1CCCC(CO)C1. The van der Waals surface area contributed by atoms with Crippen molar-refractivity contribution in [3.8, 4) is 5.75 Å². The second kappa shape index (κ2) is 6.61. The van der Waals surface area contributed by atoms with Crippen molar-refractivity contribution in [3.05, 3.63) is 23.8 Å². The van der Waals surface area contributed by atoms with E-state index in [4.69, 9.17) is 10.5 Å². The fourth-order valence-electron chi connectivity index (χ4n) is 2.60. The van der Waals surface area contributed by atoms with E-state index in [0.29, 0.717) is 30.2 Å². The monoisotopic (exact) mass is 278 g/mol. The van der Waals surface area contributed by atoms with Crippen LogP contribution < -0.4 is 10.5 Å². The predicted molar refractivity (Wildman–Crippen MR) is 77.7 cm³/mol. The average molecular weight is 278 g/mol. The van der Waals surface area contributed by atoms with E-state index in [2.05, 4.69) is 0 Å². The molecule has 0 aromatic heterocycles. The van der Waals surface area contributed by atoms with Crippen LogP contribution >= 0.6 is 0 Å². The van der Waals surface area contributed by atoms with Crippen molar-refractivity contribution >= 4 is 11.6 Å². The molecule has 1 aliphatic rings. The number of aliphatic hydroxyl groups is 1. The third-order valence-corrected chi connectivity index (χ3v) is 3.63. The molecule has 3 N–H and O–H groups in total. The van der Waals surface area contributed by atoms with Crippen LogP contribution in [0, 0.1) is 5.92 Å². The quantitative estimate of drug-likeness (QED) is 0.819. The lowest BCUT2D eigenvalue weighted by Gasteiger charge is -2.32. The van der Waals surface area contributed by atoms with Crippen LogP contribution in [0.5, 0.6) is 5.75 Å².